The molecule has 3 unspecified atom stereocenters. The molecule has 1 aliphatic rings. The summed E-state index contributed by atoms with van der Waals surface area (Å²) in [5.41, 5.74) is 1.77. The number of hydrogen-bond acceptors (Lipinski definition) is 1. The molecule has 3 atom stereocenters. The van der Waals surface area contributed by atoms with E-state index in [2.05, 4.69) is 48.0 Å². The van der Waals surface area contributed by atoms with E-state index in [9.17, 15) is 0 Å². The zero-order valence-corrected chi connectivity index (χ0v) is 14.3. The van der Waals surface area contributed by atoms with Crippen molar-refractivity contribution in [3.8, 4) is 0 Å². The molecule has 3 heteroatoms. The molecule has 0 aromatic carbocycles. The van der Waals surface area contributed by atoms with Gasteiger partial charge in [0, 0.05) is 18.1 Å². The molecule has 0 spiro atoms. The first-order valence-corrected chi connectivity index (χ1v) is 8.41. The molecule has 0 aliphatic heterocycles. The van der Waals surface area contributed by atoms with Crippen LogP contribution in [0.4, 0.5) is 0 Å². The number of halogens is 1. The Morgan fingerprint density at radius 2 is 2.16 bits per heavy atom. The summed E-state index contributed by atoms with van der Waals surface area (Å²) in [6.45, 7) is 7.27. The van der Waals surface area contributed by atoms with E-state index in [0.29, 0.717) is 10.2 Å². The minimum atomic E-state index is 0.407. The summed E-state index contributed by atoms with van der Waals surface area (Å²) < 4.78 is 1.90. The van der Waals surface area contributed by atoms with Crippen LogP contribution in [0.25, 0.3) is 0 Å². The fourth-order valence-corrected chi connectivity index (χ4v) is 5.06. The lowest BCUT2D eigenvalue weighted by atomic mass is 9.67. The highest BCUT2D eigenvalue weighted by Crippen LogP contribution is 2.45. The van der Waals surface area contributed by atoms with Crippen molar-refractivity contribution >= 4 is 15.9 Å². The molecule has 0 radical (unpaired) electrons. The maximum absolute atomic E-state index is 4.26. The first-order valence-electron chi connectivity index (χ1n) is 7.50. The Morgan fingerprint density at radius 3 is 2.74 bits per heavy atom. The number of hydrogen-bond donors (Lipinski definition) is 0. The van der Waals surface area contributed by atoms with Gasteiger partial charge in [-0.1, -0.05) is 43.1 Å². The quantitative estimate of drug-likeness (QED) is 0.740. The summed E-state index contributed by atoms with van der Waals surface area (Å²) >= 11 is 3.94. The number of alkyl halides is 1. The average molecular weight is 327 g/mol. The highest BCUT2D eigenvalue weighted by atomic mass is 79.9. The maximum atomic E-state index is 4.26. The second-order valence-corrected chi connectivity index (χ2v) is 8.23. The largest absolute Gasteiger partial charge is 0.276 e. The lowest BCUT2D eigenvalue weighted by Crippen LogP contribution is -2.36. The predicted molar refractivity (Wildman–Crippen MR) is 84.5 cm³/mol. The predicted octanol–water partition coefficient (Wildman–Crippen LogP) is 4.58. The van der Waals surface area contributed by atoms with Crippen LogP contribution < -0.4 is 0 Å². The summed E-state index contributed by atoms with van der Waals surface area (Å²) in [5.74, 6) is 1.69. The molecule has 0 bridgehead atoms. The van der Waals surface area contributed by atoms with Crippen LogP contribution in [0, 0.1) is 17.3 Å². The van der Waals surface area contributed by atoms with Crippen molar-refractivity contribution in [3.05, 3.63) is 18.0 Å². The van der Waals surface area contributed by atoms with Crippen LogP contribution in [0.2, 0.25) is 0 Å². The van der Waals surface area contributed by atoms with Crippen LogP contribution in [0.1, 0.15) is 52.0 Å². The molecule has 108 valence electrons. The molecule has 2 nitrogen and oxygen atoms in total. The number of nitrogens with zero attached hydrogens (tertiary/aromatic N) is 2. The Morgan fingerprint density at radius 1 is 1.42 bits per heavy atom. The lowest BCUT2D eigenvalue weighted by molar-refractivity contribution is 0.137. The van der Waals surface area contributed by atoms with E-state index >= 15 is 0 Å². The topological polar surface area (TPSA) is 17.8 Å². The van der Waals surface area contributed by atoms with Gasteiger partial charge in [0.1, 0.15) is 0 Å². The maximum Gasteiger partial charge on any atom is 0.0521 e. The van der Waals surface area contributed by atoms with Crippen molar-refractivity contribution in [1.82, 2.24) is 9.78 Å². The van der Waals surface area contributed by atoms with Crippen LogP contribution in [0.3, 0.4) is 0 Å². The molecule has 2 rings (SSSR count). The standard InChI is InChI=1S/C16H27BrN2/c1-12-5-6-14(15(17)9-12)16(2,3)8-7-13-10-18-19(4)11-13/h10-12,14-15H,5-9H2,1-4H3. The van der Waals surface area contributed by atoms with Gasteiger partial charge in [-0.3, -0.25) is 4.68 Å². The van der Waals surface area contributed by atoms with Crippen LogP contribution in [0.15, 0.2) is 12.4 Å². The average Bonchev–Trinajstić information content (AvgIpc) is 2.72. The minimum absolute atomic E-state index is 0.407. The number of aromatic nitrogens is 2. The molecule has 0 saturated heterocycles. The third-order valence-corrected chi connectivity index (χ3v) is 5.87. The van der Waals surface area contributed by atoms with Gasteiger partial charge in [-0.25, -0.2) is 0 Å². The Labute approximate surface area is 126 Å². The van der Waals surface area contributed by atoms with Crippen molar-refractivity contribution in [2.75, 3.05) is 0 Å². The molecule has 1 saturated carbocycles. The summed E-state index contributed by atoms with van der Waals surface area (Å²) in [4.78, 5) is 0.695. The Kier molecular flexibility index (Phi) is 4.75. The van der Waals surface area contributed by atoms with Gasteiger partial charge in [0.05, 0.1) is 6.20 Å². The van der Waals surface area contributed by atoms with Gasteiger partial charge in [0.15, 0.2) is 0 Å². The second kappa shape index (κ2) is 5.99. The fourth-order valence-electron chi connectivity index (χ4n) is 3.44. The molecule has 1 aromatic rings. The zero-order valence-electron chi connectivity index (χ0n) is 12.7. The number of aryl methyl sites for hydroxylation is 2. The van der Waals surface area contributed by atoms with E-state index in [1.165, 1.54) is 31.2 Å². The summed E-state index contributed by atoms with van der Waals surface area (Å²) in [6, 6.07) is 0. The van der Waals surface area contributed by atoms with Crippen LogP contribution in [-0.2, 0) is 13.5 Å². The molecule has 1 aromatic heterocycles. The van der Waals surface area contributed by atoms with Gasteiger partial charge < -0.3 is 0 Å². The van der Waals surface area contributed by atoms with Crippen molar-refractivity contribution < 1.29 is 0 Å². The van der Waals surface area contributed by atoms with Gasteiger partial charge in [-0.15, -0.1) is 0 Å². The Hall–Kier alpha value is -0.310. The highest BCUT2D eigenvalue weighted by molar-refractivity contribution is 9.09. The van der Waals surface area contributed by atoms with E-state index < -0.39 is 0 Å². The van der Waals surface area contributed by atoms with Gasteiger partial charge in [0.25, 0.3) is 0 Å². The van der Waals surface area contributed by atoms with Gasteiger partial charge in [-0.2, -0.15) is 5.10 Å². The lowest BCUT2D eigenvalue weighted by Gasteiger charge is -2.42. The Balaban J connectivity index is 1.93. The molecule has 1 fully saturated rings. The van der Waals surface area contributed by atoms with Crippen molar-refractivity contribution in [1.29, 1.82) is 0 Å². The van der Waals surface area contributed by atoms with Crippen molar-refractivity contribution in [2.45, 2.75) is 57.7 Å². The Bertz CT molecular complexity index is 411. The van der Waals surface area contributed by atoms with Gasteiger partial charge in [-0.05, 0) is 48.5 Å². The molecular formula is C16H27BrN2. The van der Waals surface area contributed by atoms with Crippen LogP contribution in [0.5, 0.6) is 0 Å². The molecule has 0 N–H and O–H groups in total. The SMILES string of the molecule is CC1CCC(C(C)(C)CCc2cnn(C)c2)C(Br)C1. The van der Waals surface area contributed by atoms with Gasteiger partial charge >= 0.3 is 0 Å². The molecule has 1 aliphatic carbocycles. The third kappa shape index (κ3) is 3.84. The normalized spacial score (nSPS) is 28.6. The second-order valence-electron chi connectivity index (χ2n) is 7.05. The van der Waals surface area contributed by atoms with E-state index in [-0.39, 0.29) is 0 Å². The molecule has 19 heavy (non-hydrogen) atoms. The monoisotopic (exact) mass is 326 g/mol. The van der Waals surface area contributed by atoms with E-state index in [0.717, 1.165) is 18.3 Å². The van der Waals surface area contributed by atoms with Crippen molar-refractivity contribution in [3.63, 3.8) is 0 Å². The van der Waals surface area contributed by atoms with Gasteiger partial charge in [0.2, 0.25) is 0 Å². The number of rotatable bonds is 4. The van der Waals surface area contributed by atoms with E-state index in [1.54, 1.807) is 0 Å². The molecular weight excluding hydrogens is 300 g/mol. The molecule has 0 amide bonds. The first-order chi connectivity index (χ1) is 8.88. The smallest absolute Gasteiger partial charge is 0.0521 e. The highest BCUT2D eigenvalue weighted by Gasteiger charge is 2.37. The third-order valence-electron chi connectivity index (χ3n) is 4.85. The summed E-state index contributed by atoms with van der Waals surface area (Å²) in [6.07, 6.45) is 10.6. The first kappa shape index (κ1) is 15.1. The van der Waals surface area contributed by atoms with E-state index in [4.69, 9.17) is 0 Å². The van der Waals surface area contributed by atoms with Crippen LogP contribution >= 0.6 is 15.9 Å². The fraction of sp³-hybridized carbons (Fsp3) is 0.812. The minimum Gasteiger partial charge on any atom is -0.276 e. The summed E-state index contributed by atoms with van der Waals surface area (Å²) in [5, 5.41) is 4.26. The zero-order chi connectivity index (χ0) is 14.0. The summed E-state index contributed by atoms with van der Waals surface area (Å²) in [7, 11) is 1.99. The van der Waals surface area contributed by atoms with E-state index in [1.807, 2.05) is 17.9 Å². The van der Waals surface area contributed by atoms with Crippen LogP contribution in [-0.4, -0.2) is 14.6 Å². The van der Waals surface area contributed by atoms with Crippen molar-refractivity contribution in [2.24, 2.45) is 24.3 Å². The molecule has 1 heterocycles.